The van der Waals surface area contributed by atoms with E-state index in [1.165, 1.54) is 57.4 Å². The number of aliphatic carboxylic acids is 1. The minimum absolute atomic E-state index is 0.176. The first-order valence-electron chi connectivity index (χ1n) is 10.9. The number of carbonyl (C=O) groups is 2. The number of likely N-dealkylation sites (N-methyl/N-ethyl adjacent to an activating group) is 1. The Morgan fingerprint density at radius 2 is 1.48 bits per heavy atom. The fourth-order valence-corrected chi connectivity index (χ4v) is 3.09. The maximum Gasteiger partial charge on any atom is 0.335 e. The highest BCUT2D eigenvalue weighted by molar-refractivity contribution is 5.83. The molecular weight excluding hydrogens is 370 g/mol. The smallest absolute Gasteiger partial charge is 0.335 e. The maximum atomic E-state index is 11.9. The van der Waals surface area contributed by atoms with Gasteiger partial charge in [0.1, 0.15) is 12.3 Å². The van der Waals surface area contributed by atoms with Gasteiger partial charge in [-0.3, -0.25) is 4.79 Å². The highest BCUT2D eigenvalue weighted by Crippen LogP contribution is 2.11. The van der Waals surface area contributed by atoms with E-state index in [9.17, 15) is 14.7 Å². The molecule has 0 bridgehead atoms. The lowest BCUT2D eigenvalue weighted by Crippen LogP contribution is -2.43. The first-order valence-corrected chi connectivity index (χ1v) is 10.9. The van der Waals surface area contributed by atoms with Crippen molar-refractivity contribution >= 4 is 11.9 Å². The second-order valence-corrected chi connectivity index (χ2v) is 8.72. The van der Waals surface area contributed by atoms with Crippen LogP contribution in [0, 0.1) is 0 Å². The number of hydrogen-bond acceptors (Lipinski definition) is 4. The fraction of sp³-hybridized carbons (Fsp3) is 0.739. The molecule has 2 N–H and O–H groups in total. The SMILES string of the molecule is CCCCCCCCCCCC=CC(O)=CC(=O)OC(CC(=O)O)C[N+](C)(C)C. The number of carboxylic acids is 1. The van der Waals surface area contributed by atoms with Gasteiger partial charge in [0.2, 0.25) is 0 Å². The second kappa shape index (κ2) is 16.0. The third-order valence-corrected chi connectivity index (χ3v) is 4.47. The van der Waals surface area contributed by atoms with Crippen molar-refractivity contribution in [2.24, 2.45) is 0 Å². The Morgan fingerprint density at radius 1 is 0.931 bits per heavy atom. The van der Waals surface area contributed by atoms with Gasteiger partial charge in [0.15, 0.2) is 6.10 Å². The summed E-state index contributed by atoms with van der Waals surface area (Å²) in [5.41, 5.74) is 0. The quantitative estimate of drug-likeness (QED) is 0.0877. The van der Waals surface area contributed by atoms with Gasteiger partial charge in [-0.15, -0.1) is 0 Å². The average Bonchev–Trinajstić information content (AvgIpc) is 2.57. The van der Waals surface area contributed by atoms with Crippen LogP contribution in [0.4, 0.5) is 0 Å². The molecule has 1 unspecified atom stereocenters. The normalized spacial score (nSPS) is 13.6. The summed E-state index contributed by atoms with van der Waals surface area (Å²) in [6, 6.07) is 0. The molecule has 6 heteroatoms. The van der Waals surface area contributed by atoms with Gasteiger partial charge < -0.3 is 19.4 Å². The molecule has 0 spiro atoms. The van der Waals surface area contributed by atoms with Crippen molar-refractivity contribution in [1.29, 1.82) is 0 Å². The second-order valence-electron chi connectivity index (χ2n) is 8.72. The summed E-state index contributed by atoms with van der Waals surface area (Å²) in [6.07, 6.45) is 15.6. The maximum absolute atomic E-state index is 11.9. The molecule has 0 heterocycles. The van der Waals surface area contributed by atoms with Crippen LogP contribution in [0.2, 0.25) is 0 Å². The fourth-order valence-electron chi connectivity index (χ4n) is 3.09. The van der Waals surface area contributed by atoms with E-state index in [0.29, 0.717) is 11.0 Å². The number of aliphatic hydroxyl groups is 1. The van der Waals surface area contributed by atoms with Crippen LogP contribution in [0.5, 0.6) is 0 Å². The van der Waals surface area contributed by atoms with Crippen molar-refractivity contribution in [1.82, 2.24) is 0 Å². The number of aliphatic hydroxyl groups excluding tert-OH is 1. The average molecular weight is 413 g/mol. The Morgan fingerprint density at radius 3 is 2.00 bits per heavy atom. The van der Waals surface area contributed by atoms with Gasteiger partial charge in [0.25, 0.3) is 0 Å². The lowest BCUT2D eigenvalue weighted by molar-refractivity contribution is -0.873. The molecule has 0 fully saturated rings. The summed E-state index contributed by atoms with van der Waals surface area (Å²) in [6.45, 7) is 2.60. The van der Waals surface area contributed by atoms with Crippen molar-refractivity contribution in [2.75, 3.05) is 27.7 Å². The zero-order valence-electron chi connectivity index (χ0n) is 18.9. The number of nitrogens with zero attached hydrogens (tertiary/aromatic N) is 1. The molecule has 0 aliphatic rings. The molecule has 168 valence electrons. The van der Waals surface area contributed by atoms with Crippen LogP contribution in [-0.4, -0.2) is 60.4 Å². The molecule has 0 amide bonds. The molecule has 0 saturated heterocycles. The molecule has 0 aromatic rings. The summed E-state index contributed by atoms with van der Waals surface area (Å²) in [5, 5.41) is 18.8. The minimum Gasteiger partial charge on any atom is -0.508 e. The Balaban J connectivity index is 4.12. The minimum atomic E-state index is -1.02. The van der Waals surface area contributed by atoms with E-state index in [-0.39, 0.29) is 12.2 Å². The summed E-state index contributed by atoms with van der Waals surface area (Å²) in [4.78, 5) is 22.9. The van der Waals surface area contributed by atoms with Gasteiger partial charge in [-0.1, -0.05) is 64.4 Å². The number of unbranched alkanes of at least 4 members (excludes halogenated alkanes) is 9. The zero-order valence-corrected chi connectivity index (χ0v) is 18.9. The van der Waals surface area contributed by atoms with Crippen LogP contribution in [0.25, 0.3) is 0 Å². The summed E-state index contributed by atoms with van der Waals surface area (Å²) < 4.78 is 5.68. The van der Waals surface area contributed by atoms with Gasteiger partial charge in [-0.25, -0.2) is 4.79 Å². The molecular formula is C23H42NO5+. The number of hydrogen-bond donors (Lipinski definition) is 2. The number of rotatable bonds is 17. The van der Waals surface area contributed by atoms with Crippen molar-refractivity contribution in [2.45, 2.75) is 83.7 Å². The largest absolute Gasteiger partial charge is 0.508 e. The third kappa shape index (κ3) is 19.3. The van der Waals surface area contributed by atoms with E-state index >= 15 is 0 Å². The van der Waals surface area contributed by atoms with E-state index in [4.69, 9.17) is 9.84 Å². The third-order valence-electron chi connectivity index (χ3n) is 4.47. The van der Waals surface area contributed by atoms with Gasteiger partial charge in [0, 0.05) is 0 Å². The summed E-state index contributed by atoms with van der Waals surface area (Å²) >= 11 is 0. The van der Waals surface area contributed by atoms with Crippen molar-refractivity contribution in [3.05, 3.63) is 24.0 Å². The predicted molar refractivity (Wildman–Crippen MR) is 117 cm³/mol. The van der Waals surface area contributed by atoms with Gasteiger partial charge in [-0.2, -0.15) is 0 Å². The van der Waals surface area contributed by atoms with Gasteiger partial charge in [-0.05, 0) is 18.9 Å². The predicted octanol–water partition coefficient (Wildman–Crippen LogP) is 5.00. The van der Waals surface area contributed by atoms with E-state index < -0.39 is 18.0 Å². The molecule has 0 aromatic heterocycles. The van der Waals surface area contributed by atoms with Crippen molar-refractivity contribution < 1.29 is 29.0 Å². The van der Waals surface area contributed by atoms with Gasteiger partial charge in [0.05, 0.1) is 33.6 Å². The van der Waals surface area contributed by atoms with Crippen LogP contribution in [0.3, 0.4) is 0 Å². The van der Waals surface area contributed by atoms with Crippen molar-refractivity contribution in [3.8, 4) is 0 Å². The highest BCUT2D eigenvalue weighted by Gasteiger charge is 2.24. The van der Waals surface area contributed by atoms with E-state index in [0.717, 1.165) is 18.9 Å². The Labute approximate surface area is 176 Å². The van der Waals surface area contributed by atoms with Crippen LogP contribution in [0.15, 0.2) is 24.0 Å². The van der Waals surface area contributed by atoms with E-state index in [1.807, 2.05) is 27.2 Å². The molecule has 0 aliphatic carbocycles. The van der Waals surface area contributed by atoms with Gasteiger partial charge >= 0.3 is 11.9 Å². The molecule has 0 radical (unpaired) electrons. The summed E-state index contributed by atoms with van der Waals surface area (Å²) in [7, 11) is 5.68. The van der Waals surface area contributed by atoms with Crippen LogP contribution in [-0.2, 0) is 14.3 Å². The van der Waals surface area contributed by atoms with Crippen LogP contribution in [0.1, 0.15) is 77.6 Å². The van der Waals surface area contributed by atoms with E-state index in [2.05, 4.69) is 6.92 Å². The number of carboxylic acid groups (broad SMARTS) is 1. The number of allylic oxidation sites excluding steroid dienone is 2. The first-order chi connectivity index (χ1) is 13.6. The molecule has 0 aliphatic heterocycles. The molecule has 1 atom stereocenters. The number of quaternary nitrogens is 1. The van der Waals surface area contributed by atoms with Crippen LogP contribution < -0.4 is 0 Å². The topological polar surface area (TPSA) is 83.8 Å². The Bertz CT molecular complexity index is 520. The lowest BCUT2D eigenvalue weighted by atomic mass is 10.1. The van der Waals surface area contributed by atoms with E-state index in [1.54, 1.807) is 0 Å². The molecule has 29 heavy (non-hydrogen) atoms. The standard InChI is InChI=1S/C23H41NO5/c1-5-6-7-8-9-10-11-12-13-14-15-16-20(25)17-23(28)29-21(18-22(26)27)19-24(2,3)4/h15-17,21H,5-14,18-19H2,1-4H3,(H-,25,26,27,28)/p+1. The first kappa shape index (κ1) is 27.2. The van der Waals surface area contributed by atoms with Crippen molar-refractivity contribution in [3.63, 3.8) is 0 Å². The number of esters is 1. The molecule has 6 nitrogen and oxygen atoms in total. The summed E-state index contributed by atoms with van der Waals surface area (Å²) in [5.74, 6) is -1.93. The molecule has 0 saturated carbocycles. The Hall–Kier alpha value is -1.82. The number of carbonyl (C=O) groups excluding carboxylic acids is 1. The zero-order chi connectivity index (χ0) is 22.1. The monoisotopic (exact) mass is 412 g/mol. The molecule has 0 rings (SSSR count). The Kier molecular flexibility index (Phi) is 15.0. The lowest BCUT2D eigenvalue weighted by Gasteiger charge is -2.28. The van der Waals surface area contributed by atoms with Crippen LogP contribution >= 0.6 is 0 Å². The number of ether oxygens (including phenoxy) is 1. The molecule has 0 aromatic carbocycles. The highest BCUT2D eigenvalue weighted by atomic mass is 16.5.